The fraction of sp³-hybridized carbons (Fsp3) is 0.417. The van der Waals surface area contributed by atoms with Crippen molar-refractivity contribution in [2.45, 2.75) is 32.9 Å². The molecule has 3 N–H and O–H groups in total. The summed E-state index contributed by atoms with van der Waals surface area (Å²) in [5.41, 5.74) is 5.33. The highest BCUT2D eigenvalue weighted by Crippen LogP contribution is 2.32. The molecule has 0 spiro atoms. The Morgan fingerprint density at radius 2 is 2.39 bits per heavy atom. The number of nitrogens with zero attached hydrogens (tertiary/aromatic N) is 2. The molecule has 2 heterocycles. The average Bonchev–Trinajstić information content (AvgIpc) is 2.94. The van der Waals surface area contributed by atoms with Gasteiger partial charge in [0.1, 0.15) is 0 Å². The van der Waals surface area contributed by atoms with Gasteiger partial charge in [-0.3, -0.25) is 16.0 Å². The van der Waals surface area contributed by atoms with Crippen molar-refractivity contribution in [3.05, 3.63) is 38.3 Å². The van der Waals surface area contributed by atoms with Crippen LogP contribution in [-0.2, 0) is 13.0 Å². The van der Waals surface area contributed by atoms with Gasteiger partial charge in [-0.15, -0.1) is 11.3 Å². The number of nitrogens with one attached hydrogen (secondary N) is 1. The van der Waals surface area contributed by atoms with Crippen LogP contribution in [-0.4, -0.2) is 9.78 Å². The van der Waals surface area contributed by atoms with Gasteiger partial charge in [-0.05, 0) is 53.4 Å². The predicted molar refractivity (Wildman–Crippen MR) is 78.4 cm³/mol. The number of rotatable bonds is 5. The summed E-state index contributed by atoms with van der Waals surface area (Å²) in [7, 11) is 0. The fourth-order valence-corrected chi connectivity index (χ4v) is 3.45. The Balaban J connectivity index is 2.14. The molecule has 6 heteroatoms. The Kier molecular flexibility index (Phi) is 4.55. The molecule has 0 saturated heterocycles. The lowest BCUT2D eigenvalue weighted by molar-refractivity contribution is 0.560. The highest BCUT2D eigenvalue weighted by atomic mass is 79.9. The van der Waals surface area contributed by atoms with Gasteiger partial charge in [0, 0.05) is 17.6 Å². The minimum atomic E-state index is 0.134. The van der Waals surface area contributed by atoms with Gasteiger partial charge in [-0.1, -0.05) is 0 Å². The van der Waals surface area contributed by atoms with Gasteiger partial charge in [0.25, 0.3) is 0 Å². The Morgan fingerprint density at radius 3 is 2.89 bits per heavy atom. The van der Waals surface area contributed by atoms with Crippen molar-refractivity contribution in [2.75, 3.05) is 0 Å². The molecule has 0 amide bonds. The number of aromatic nitrogens is 2. The Bertz CT molecular complexity index is 500. The molecule has 0 aromatic carbocycles. The molecule has 0 aliphatic heterocycles. The number of hydrogen-bond acceptors (Lipinski definition) is 4. The van der Waals surface area contributed by atoms with Crippen molar-refractivity contribution in [1.82, 2.24) is 15.2 Å². The fourth-order valence-electron chi connectivity index (χ4n) is 1.82. The average molecular weight is 329 g/mol. The van der Waals surface area contributed by atoms with Crippen molar-refractivity contribution in [3.8, 4) is 0 Å². The van der Waals surface area contributed by atoms with Gasteiger partial charge in [-0.2, -0.15) is 5.10 Å². The van der Waals surface area contributed by atoms with Gasteiger partial charge in [0.15, 0.2) is 0 Å². The van der Waals surface area contributed by atoms with Crippen LogP contribution in [0.3, 0.4) is 0 Å². The van der Waals surface area contributed by atoms with Gasteiger partial charge >= 0.3 is 0 Å². The summed E-state index contributed by atoms with van der Waals surface area (Å²) >= 11 is 5.27. The first-order valence-electron chi connectivity index (χ1n) is 5.87. The Morgan fingerprint density at radius 1 is 1.61 bits per heavy atom. The molecule has 98 valence electrons. The van der Waals surface area contributed by atoms with Crippen molar-refractivity contribution in [1.29, 1.82) is 0 Å². The highest BCUT2D eigenvalue weighted by Gasteiger charge is 2.15. The van der Waals surface area contributed by atoms with E-state index in [-0.39, 0.29) is 6.04 Å². The lowest BCUT2D eigenvalue weighted by Crippen LogP contribution is -2.28. The topological polar surface area (TPSA) is 55.9 Å². The van der Waals surface area contributed by atoms with Crippen LogP contribution in [0.5, 0.6) is 0 Å². The number of thiophene rings is 1. The first kappa shape index (κ1) is 13.7. The molecular formula is C12H17BrN4S. The number of hydrazine groups is 1. The van der Waals surface area contributed by atoms with Crippen molar-refractivity contribution < 1.29 is 0 Å². The van der Waals surface area contributed by atoms with Gasteiger partial charge in [0.05, 0.1) is 16.0 Å². The van der Waals surface area contributed by atoms with E-state index in [1.54, 1.807) is 11.3 Å². The second-order valence-electron chi connectivity index (χ2n) is 4.23. The summed E-state index contributed by atoms with van der Waals surface area (Å²) in [4.78, 5) is 1.24. The molecule has 0 radical (unpaired) electrons. The molecule has 0 aliphatic rings. The second kappa shape index (κ2) is 5.97. The summed E-state index contributed by atoms with van der Waals surface area (Å²) in [5.74, 6) is 5.67. The predicted octanol–water partition coefficient (Wildman–Crippen LogP) is 2.78. The van der Waals surface area contributed by atoms with E-state index in [1.807, 2.05) is 10.9 Å². The third kappa shape index (κ3) is 3.00. The van der Waals surface area contributed by atoms with E-state index in [9.17, 15) is 0 Å². The first-order valence-corrected chi connectivity index (χ1v) is 7.48. The standard InChI is InChI=1S/C12H17BrN4S/c1-3-17-7-9(6-15-17)5-10(16-14)11-4-8(2)12(13)18-11/h4,6-7,10,16H,3,5,14H2,1-2H3. The second-order valence-corrected chi connectivity index (χ2v) is 6.63. The van der Waals surface area contributed by atoms with E-state index in [0.717, 1.165) is 13.0 Å². The number of nitrogens with two attached hydrogens (primary N) is 1. The Labute approximate surface area is 119 Å². The molecule has 0 saturated carbocycles. The van der Waals surface area contributed by atoms with Gasteiger partial charge < -0.3 is 0 Å². The van der Waals surface area contributed by atoms with E-state index in [2.05, 4.69) is 52.6 Å². The Hall–Kier alpha value is -0.690. The van der Waals surface area contributed by atoms with Gasteiger partial charge in [-0.25, -0.2) is 0 Å². The smallest absolute Gasteiger partial charge is 0.0731 e. The largest absolute Gasteiger partial charge is 0.273 e. The van der Waals surface area contributed by atoms with Gasteiger partial charge in [0.2, 0.25) is 0 Å². The molecule has 2 rings (SSSR count). The van der Waals surface area contributed by atoms with Crippen molar-refractivity contribution in [3.63, 3.8) is 0 Å². The quantitative estimate of drug-likeness (QED) is 0.655. The SMILES string of the molecule is CCn1cc(CC(NN)c2cc(C)c(Br)s2)cn1. The molecular weight excluding hydrogens is 312 g/mol. The maximum atomic E-state index is 5.67. The summed E-state index contributed by atoms with van der Waals surface area (Å²) < 4.78 is 3.10. The van der Waals surface area contributed by atoms with Crippen molar-refractivity contribution >= 4 is 27.3 Å². The monoisotopic (exact) mass is 328 g/mol. The van der Waals surface area contributed by atoms with Crippen LogP contribution in [0.15, 0.2) is 22.2 Å². The molecule has 2 aromatic rings. The van der Waals surface area contributed by atoms with E-state index in [4.69, 9.17) is 5.84 Å². The summed E-state index contributed by atoms with van der Waals surface area (Å²) in [6.45, 7) is 5.06. The maximum absolute atomic E-state index is 5.67. The normalized spacial score (nSPS) is 12.9. The first-order chi connectivity index (χ1) is 8.63. The zero-order chi connectivity index (χ0) is 13.1. The minimum absolute atomic E-state index is 0.134. The molecule has 0 fully saturated rings. The molecule has 0 bridgehead atoms. The lowest BCUT2D eigenvalue weighted by Gasteiger charge is -2.12. The molecule has 2 aromatic heterocycles. The van der Waals surface area contributed by atoms with Crippen LogP contribution in [0.25, 0.3) is 0 Å². The summed E-state index contributed by atoms with van der Waals surface area (Å²) in [6, 6.07) is 2.30. The lowest BCUT2D eigenvalue weighted by atomic mass is 10.1. The van der Waals surface area contributed by atoms with Crippen LogP contribution >= 0.6 is 27.3 Å². The molecule has 0 aliphatic carbocycles. The summed E-state index contributed by atoms with van der Waals surface area (Å²) in [5, 5.41) is 4.28. The van der Waals surface area contributed by atoms with Crippen LogP contribution in [0.4, 0.5) is 0 Å². The van der Waals surface area contributed by atoms with Crippen LogP contribution < -0.4 is 11.3 Å². The van der Waals surface area contributed by atoms with E-state index >= 15 is 0 Å². The highest BCUT2D eigenvalue weighted by molar-refractivity contribution is 9.11. The molecule has 4 nitrogen and oxygen atoms in total. The third-order valence-electron chi connectivity index (χ3n) is 2.87. The van der Waals surface area contributed by atoms with E-state index < -0.39 is 0 Å². The number of hydrogen-bond donors (Lipinski definition) is 2. The van der Waals surface area contributed by atoms with Crippen molar-refractivity contribution in [2.24, 2.45) is 5.84 Å². The third-order valence-corrected chi connectivity index (χ3v) is 5.12. The molecule has 18 heavy (non-hydrogen) atoms. The number of aryl methyl sites for hydroxylation is 2. The minimum Gasteiger partial charge on any atom is -0.273 e. The molecule has 1 unspecified atom stereocenters. The maximum Gasteiger partial charge on any atom is 0.0731 e. The van der Waals surface area contributed by atoms with E-state index in [1.165, 1.54) is 19.8 Å². The zero-order valence-corrected chi connectivity index (χ0v) is 12.9. The van der Waals surface area contributed by atoms with Crippen LogP contribution in [0, 0.1) is 6.92 Å². The van der Waals surface area contributed by atoms with E-state index in [0.29, 0.717) is 0 Å². The number of halogens is 1. The summed E-state index contributed by atoms with van der Waals surface area (Å²) in [6.07, 6.45) is 4.83. The van der Waals surface area contributed by atoms with Crippen LogP contribution in [0.2, 0.25) is 0 Å². The zero-order valence-electron chi connectivity index (χ0n) is 10.5. The molecule has 1 atom stereocenters. The van der Waals surface area contributed by atoms with Crippen LogP contribution in [0.1, 0.15) is 29.0 Å².